The third kappa shape index (κ3) is 3.75. The van der Waals surface area contributed by atoms with Crippen molar-refractivity contribution >= 4 is 0 Å². The van der Waals surface area contributed by atoms with E-state index in [4.69, 9.17) is 15.2 Å². The molecular weight excluding hydrogens is 269 g/mol. The first-order valence-electron chi connectivity index (χ1n) is 7.09. The standard InChI is InChI=1S/C17H22FNO2/c1-16(2)11-15(17(3,4)21-16)20-14-10-13(18)8-7-12(14)6-5-9-19/h7-8,10,15H,9,11,19H2,1-4H3. The van der Waals surface area contributed by atoms with Crippen molar-refractivity contribution in [2.24, 2.45) is 5.73 Å². The van der Waals surface area contributed by atoms with Gasteiger partial charge in [0, 0.05) is 12.5 Å². The van der Waals surface area contributed by atoms with Gasteiger partial charge in [0.1, 0.15) is 23.3 Å². The molecule has 1 aliphatic heterocycles. The zero-order valence-electron chi connectivity index (χ0n) is 13.0. The molecule has 1 heterocycles. The Morgan fingerprint density at radius 1 is 1.38 bits per heavy atom. The average molecular weight is 291 g/mol. The second kappa shape index (κ2) is 5.67. The lowest BCUT2D eigenvalue weighted by Crippen LogP contribution is -2.36. The first-order chi connectivity index (χ1) is 9.73. The summed E-state index contributed by atoms with van der Waals surface area (Å²) < 4.78 is 25.5. The molecule has 0 amide bonds. The Hall–Kier alpha value is -1.57. The van der Waals surface area contributed by atoms with Crippen molar-refractivity contribution in [3.63, 3.8) is 0 Å². The van der Waals surface area contributed by atoms with Gasteiger partial charge in [0.2, 0.25) is 0 Å². The van der Waals surface area contributed by atoms with Crippen LogP contribution in [0.4, 0.5) is 4.39 Å². The summed E-state index contributed by atoms with van der Waals surface area (Å²) in [5, 5.41) is 0. The summed E-state index contributed by atoms with van der Waals surface area (Å²) in [6.07, 6.45) is 0.577. The molecule has 3 nitrogen and oxygen atoms in total. The van der Waals surface area contributed by atoms with E-state index in [0.717, 1.165) is 6.42 Å². The fourth-order valence-electron chi connectivity index (χ4n) is 2.69. The summed E-state index contributed by atoms with van der Waals surface area (Å²) in [6, 6.07) is 4.34. The summed E-state index contributed by atoms with van der Waals surface area (Å²) in [5.41, 5.74) is 5.34. The van der Waals surface area contributed by atoms with E-state index in [-0.39, 0.29) is 24.1 Å². The third-order valence-electron chi connectivity index (χ3n) is 3.53. The van der Waals surface area contributed by atoms with Crippen LogP contribution in [0, 0.1) is 17.7 Å². The number of halogens is 1. The monoisotopic (exact) mass is 291 g/mol. The highest BCUT2D eigenvalue weighted by atomic mass is 19.1. The molecule has 4 heteroatoms. The van der Waals surface area contributed by atoms with Crippen molar-refractivity contribution in [2.45, 2.75) is 51.4 Å². The van der Waals surface area contributed by atoms with Crippen LogP contribution in [0.3, 0.4) is 0 Å². The van der Waals surface area contributed by atoms with E-state index in [1.807, 2.05) is 27.7 Å². The Morgan fingerprint density at radius 2 is 2.10 bits per heavy atom. The van der Waals surface area contributed by atoms with Crippen molar-refractivity contribution in [3.05, 3.63) is 29.6 Å². The van der Waals surface area contributed by atoms with E-state index < -0.39 is 5.60 Å². The number of hydrogen-bond donors (Lipinski definition) is 1. The lowest BCUT2D eigenvalue weighted by molar-refractivity contribution is -0.0846. The van der Waals surface area contributed by atoms with Gasteiger partial charge >= 0.3 is 0 Å². The van der Waals surface area contributed by atoms with Gasteiger partial charge in [0.15, 0.2) is 0 Å². The number of ether oxygens (including phenoxy) is 2. The van der Waals surface area contributed by atoms with Crippen molar-refractivity contribution in [3.8, 4) is 17.6 Å². The van der Waals surface area contributed by atoms with E-state index in [1.165, 1.54) is 12.1 Å². The third-order valence-corrected chi connectivity index (χ3v) is 3.53. The van der Waals surface area contributed by atoms with Gasteiger partial charge in [-0.25, -0.2) is 4.39 Å². The number of hydrogen-bond acceptors (Lipinski definition) is 3. The molecule has 0 aliphatic carbocycles. The molecule has 1 aromatic carbocycles. The van der Waals surface area contributed by atoms with Crippen molar-refractivity contribution < 1.29 is 13.9 Å². The molecule has 114 valence electrons. The average Bonchev–Trinajstić information content (AvgIpc) is 2.56. The van der Waals surface area contributed by atoms with Crippen molar-refractivity contribution in [2.75, 3.05) is 6.54 Å². The maximum Gasteiger partial charge on any atom is 0.138 e. The zero-order chi connectivity index (χ0) is 15.7. The van der Waals surface area contributed by atoms with Crippen LogP contribution in [-0.2, 0) is 4.74 Å². The van der Waals surface area contributed by atoms with E-state index in [2.05, 4.69) is 11.8 Å². The number of nitrogens with two attached hydrogens (primary N) is 1. The zero-order valence-corrected chi connectivity index (χ0v) is 13.0. The molecule has 1 aromatic rings. The Kier molecular flexibility index (Phi) is 4.27. The minimum Gasteiger partial charge on any atom is -0.486 e. The second-order valence-corrected chi connectivity index (χ2v) is 6.42. The first kappa shape index (κ1) is 15.8. The molecule has 0 aromatic heterocycles. The second-order valence-electron chi connectivity index (χ2n) is 6.42. The largest absolute Gasteiger partial charge is 0.486 e. The SMILES string of the molecule is CC1(C)CC(Oc2cc(F)ccc2C#CCN)C(C)(C)O1. The molecule has 0 saturated carbocycles. The van der Waals surface area contributed by atoms with Crippen LogP contribution in [0.15, 0.2) is 18.2 Å². The molecule has 21 heavy (non-hydrogen) atoms. The van der Waals surface area contributed by atoms with Gasteiger partial charge in [0.25, 0.3) is 0 Å². The number of rotatable bonds is 2. The molecule has 1 unspecified atom stereocenters. The number of benzene rings is 1. The Balaban J connectivity index is 2.29. The van der Waals surface area contributed by atoms with Crippen LogP contribution in [0.25, 0.3) is 0 Å². The Labute approximate surface area is 125 Å². The highest BCUT2D eigenvalue weighted by Crippen LogP contribution is 2.40. The maximum atomic E-state index is 13.5. The summed E-state index contributed by atoms with van der Waals surface area (Å²) in [6.45, 7) is 8.27. The lowest BCUT2D eigenvalue weighted by Gasteiger charge is -2.27. The minimum absolute atomic E-state index is 0.160. The van der Waals surface area contributed by atoms with Crippen LogP contribution in [0.5, 0.6) is 5.75 Å². The molecule has 1 saturated heterocycles. The maximum absolute atomic E-state index is 13.5. The molecule has 2 N–H and O–H groups in total. The summed E-state index contributed by atoms with van der Waals surface area (Å²) in [4.78, 5) is 0. The van der Waals surface area contributed by atoms with Crippen LogP contribution in [0.1, 0.15) is 39.7 Å². The van der Waals surface area contributed by atoms with Crippen LogP contribution < -0.4 is 10.5 Å². The van der Waals surface area contributed by atoms with E-state index in [1.54, 1.807) is 6.07 Å². The van der Waals surface area contributed by atoms with Crippen LogP contribution in [-0.4, -0.2) is 23.9 Å². The highest BCUT2D eigenvalue weighted by Gasteiger charge is 2.47. The molecule has 1 atom stereocenters. The predicted molar refractivity (Wildman–Crippen MR) is 80.6 cm³/mol. The molecule has 0 radical (unpaired) electrons. The van der Waals surface area contributed by atoms with Crippen LogP contribution in [0.2, 0.25) is 0 Å². The van der Waals surface area contributed by atoms with Crippen molar-refractivity contribution in [1.82, 2.24) is 0 Å². The molecular formula is C17H22FNO2. The van der Waals surface area contributed by atoms with Gasteiger partial charge in [-0.1, -0.05) is 11.8 Å². The Bertz CT molecular complexity index is 584. The van der Waals surface area contributed by atoms with E-state index in [9.17, 15) is 4.39 Å². The van der Waals surface area contributed by atoms with Gasteiger partial charge in [-0.2, -0.15) is 0 Å². The van der Waals surface area contributed by atoms with Gasteiger partial charge in [0.05, 0.1) is 17.7 Å². The summed E-state index contributed by atoms with van der Waals surface area (Å²) >= 11 is 0. The topological polar surface area (TPSA) is 44.5 Å². The fraction of sp³-hybridized carbons (Fsp3) is 0.529. The summed E-state index contributed by atoms with van der Waals surface area (Å²) in [7, 11) is 0. The molecule has 2 rings (SSSR count). The lowest BCUT2D eigenvalue weighted by atomic mass is 9.97. The minimum atomic E-state index is -0.436. The predicted octanol–water partition coefficient (Wildman–Crippen LogP) is 2.86. The first-order valence-corrected chi connectivity index (χ1v) is 7.09. The molecule has 0 spiro atoms. The highest BCUT2D eigenvalue weighted by molar-refractivity contribution is 5.46. The quantitative estimate of drug-likeness (QED) is 0.852. The molecule has 1 aliphatic rings. The Morgan fingerprint density at radius 3 is 2.67 bits per heavy atom. The van der Waals surface area contributed by atoms with Gasteiger partial charge in [-0.05, 0) is 39.8 Å². The van der Waals surface area contributed by atoms with E-state index >= 15 is 0 Å². The van der Waals surface area contributed by atoms with Gasteiger partial charge in [-0.3, -0.25) is 0 Å². The molecule has 1 fully saturated rings. The van der Waals surface area contributed by atoms with Crippen molar-refractivity contribution in [1.29, 1.82) is 0 Å². The van der Waals surface area contributed by atoms with Gasteiger partial charge in [-0.15, -0.1) is 0 Å². The normalized spacial score (nSPS) is 22.5. The van der Waals surface area contributed by atoms with Gasteiger partial charge < -0.3 is 15.2 Å². The summed E-state index contributed by atoms with van der Waals surface area (Å²) in [5.74, 6) is 5.78. The van der Waals surface area contributed by atoms with Crippen LogP contribution >= 0.6 is 0 Å². The fourth-order valence-corrected chi connectivity index (χ4v) is 2.69. The molecule has 0 bridgehead atoms. The van der Waals surface area contributed by atoms with E-state index in [0.29, 0.717) is 11.3 Å². The smallest absolute Gasteiger partial charge is 0.138 e.